The van der Waals surface area contributed by atoms with Crippen LogP contribution in [-0.2, 0) is 32.7 Å². The van der Waals surface area contributed by atoms with Gasteiger partial charge in [0.15, 0.2) is 0 Å². The van der Waals surface area contributed by atoms with Gasteiger partial charge in [-0.15, -0.1) is 0 Å². The summed E-state index contributed by atoms with van der Waals surface area (Å²) in [4.78, 5) is 0. The van der Waals surface area contributed by atoms with E-state index in [4.69, 9.17) is 0 Å². The maximum absolute atomic E-state index is 0. The standard InChI is InChI=1S/Ba.2O.Sr.Ti/q+2;2*-2;+2;+4. The Hall–Kier alpha value is 3.69. The smallest absolute Gasteiger partial charge is 2.00 e. The van der Waals surface area contributed by atoms with Crippen LogP contribution in [0.2, 0.25) is 0 Å². The Morgan fingerprint density at radius 2 is 0.800 bits per heavy atom. The van der Waals surface area contributed by atoms with E-state index in [1.54, 1.807) is 0 Å². The number of hydrogen-bond acceptors (Lipinski definition) is 0. The summed E-state index contributed by atoms with van der Waals surface area (Å²) < 4.78 is 0. The van der Waals surface area contributed by atoms with Crippen LogP contribution >= 0.6 is 0 Å². The molecule has 0 saturated heterocycles. The zero-order valence-corrected chi connectivity index (χ0v) is 12.2. The summed E-state index contributed by atoms with van der Waals surface area (Å²) in [6.45, 7) is 0. The molecule has 5 heteroatoms. The summed E-state index contributed by atoms with van der Waals surface area (Å²) in [7, 11) is 0. The van der Waals surface area contributed by atoms with E-state index in [2.05, 4.69) is 0 Å². The van der Waals surface area contributed by atoms with Gasteiger partial charge in [0.2, 0.25) is 0 Å². The van der Waals surface area contributed by atoms with Gasteiger partial charge < -0.3 is 11.0 Å². The van der Waals surface area contributed by atoms with Crippen LogP contribution in [0.15, 0.2) is 0 Å². The summed E-state index contributed by atoms with van der Waals surface area (Å²) >= 11 is 0. The van der Waals surface area contributed by atoms with Gasteiger partial charge in [-0.3, -0.25) is 0 Å². The Bertz CT molecular complexity index is 9.61. The predicted molar refractivity (Wildman–Crippen MR) is 12.9 cm³/mol. The van der Waals surface area contributed by atoms with Gasteiger partial charge in [0.25, 0.3) is 0 Å². The van der Waals surface area contributed by atoms with Gasteiger partial charge in [-0.1, -0.05) is 0 Å². The van der Waals surface area contributed by atoms with Crippen molar-refractivity contribution in [1.82, 2.24) is 0 Å². The first kappa shape index (κ1) is 37.8. The van der Waals surface area contributed by atoms with Gasteiger partial charge in [-0.2, -0.15) is 0 Å². The summed E-state index contributed by atoms with van der Waals surface area (Å²) in [5.74, 6) is 0. The SMILES string of the molecule is [Ba+2].[O-2].[O-2].[Sr+2].[Ti+4]. The van der Waals surface area contributed by atoms with Crippen LogP contribution in [0.1, 0.15) is 0 Å². The molecule has 0 aromatic rings. The second kappa shape index (κ2) is 25.3. The third-order valence-electron chi connectivity index (χ3n) is 0. The summed E-state index contributed by atoms with van der Waals surface area (Å²) in [5.41, 5.74) is 0. The Morgan fingerprint density at radius 1 is 0.800 bits per heavy atom. The average Bonchev–Trinajstić information content (AvgIpc) is 0. The van der Waals surface area contributed by atoms with Crippen LogP contribution in [-0.4, -0.2) is 94.4 Å². The van der Waals surface area contributed by atoms with Crippen LogP contribution in [0.5, 0.6) is 0 Å². The first-order valence-electron chi connectivity index (χ1n) is 0. The van der Waals surface area contributed by atoms with Crippen LogP contribution in [0.3, 0.4) is 0 Å². The molecule has 0 spiro atoms. The molecule has 0 amide bonds. The van der Waals surface area contributed by atoms with Crippen molar-refractivity contribution in [2.75, 3.05) is 0 Å². The minimum atomic E-state index is 0. The minimum Gasteiger partial charge on any atom is -2.00 e. The largest absolute Gasteiger partial charge is 4.00 e. The molecular weight excluding hydrogens is 305 g/mol. The molecule has 0 aliphatic carbocycles. The van der Waals surface area contributed by atoms with E-state index >= 15 is 0 Å². The van der Waals surface area contributed by atoms with Gasteiger partial charge in [-0.05, 0) is 0 Å². The molecule has 2 nitrogen and oxygen atoms in total. The van der Waals surface area contributed by atoms with Crippen molar-refractivity contribution in [2.45, 2.75) is 0 Å². The maximum Gasteiger partial charge on any atom is 4.00 e. The fourth-order valence-corrected chi connectivity index (χ4v) is 0. The first-order valence-corrected chi connectivity index (χ1v) is 0. The molecule has 5 heavy (non-hydrogen) atoms. The molecule has 0 aliphatic rings. The third kappa shape index (κ3) is 18.3. The van der Waals surface area contributed by atoms with Crippen molar-refractivity contribution in [3.05, 3.63) is 0 Å². The van der Waals surface area contributed by atoms with Crippen molar-refractivity contribution >= 4 is 94.4 Å². The molecule has 0 fully saturated rings. The fraction of sp³-hybridized carbons (Fsp3) is 0. The average molecular weight is 305 g/mol. The molecule has 16 valence electrons. The van der Waals surface area contributed by atoms with Crippen molar-refractivity contribution in [3.8, 4) is 0 Å². The third-order valence-corrected chi connectivity index (χ3v) is 0. The van der Waals surface area contributed by atoms with Gasteiger partial charge >= 0.3 is 116 Å². The van der Waals surface area contributed by atoms with Crippen LogP contribution < -0.4 is 0 Å². The summed E-state index contributed by atoms with van der Waals surface area (Å²) in [6, 6.07) is 0. The Kier molecular flexibility index (Phi) is 191. The monoisotopic (exact) mass is 306 g/mol. The normalized spacial score (nSPS) is 0. The molecule has 0 aromatic heterocycles. The molecule has 0 unspecified atom stereocenters. The summed E-state index contributed by atoms with van der Waals surface area (Å²) in [5, 5.41) is 0. The molecule has 0 rings (SSSR count). The van der Waals surface area contributed by atoms with Gasteiger partial charge in [0.05, 0.1) is 0 Å². The molecule has 0 aliphatic heterocycles. The second-order valence-electron chi connectivity index (χ2n) is 0. The van der Waals surface area contributed by atoms with E-state index < -0.39 is 0 Å². The van der Waals surface area contributed by atoms with Crippen molar-refractivity contribution in [1.29, 1.82) is 0 Å². The van der Waals surface area contributed by atoms with Crippen LogP contribution in [0.4, 0.5) is 0 Å². The molecule has 0 radical (unpaired) electrons. The Morgan fingerprint density at radius 3 is 0.800 bits per heavy atom. The van der Waals surface area contributed by atoms with E-state index in [0.717, 1.165) is 0 Å². The summed E-state index contributed by atoms with van der Waals surface area (Å²) in [6.07, 6.45) is 0. The Labute approximate surface area is 123 Å². The van der Waals surface area contributed by atoms with E-state index in [0.29, 0.717) is 0 Å². The van der Waals surface area contributed by atoms with Gasteiger partial charge in [-0.25, -0.2) is 0 Å². The molecular formula is BaO2SrTi+4. The van der Waals surface area contributed by atoms with E-state index in [1.165, 1.54) is 0 Å². The zero-order valence-electron chi connectivity index (χ0n) is 2.73. The molecule has 0 aromatic carbocycles. The van der Waals surface area contributed by atoms with Gasteiger partial charge in [0, 0.05) is 0 Å². The zero-order chi connectivity index (χ0) is 0. The molecule has 0 atom stereocenters. The predicted octanol–water partition coefficient (Wildman–Crippen LogP) is -1.00. The van der Waals surface area contributed by atoms with Crippen molar-refractivity contribution in [3.63, 3.8) is 0 Å². The molecule has 0 bridgehead atoms. The van der Waals surface area contributed by atoms with Gasteiger partial charge in [0.1, 0.15) is 0 Å². The molecule has 0 heterocycles. The van der Waals surface area contributed by atoms with E-state index in [-0.39, 0.29) is 127 Å². The number of hydrogen-bond donors (Lipinski definition) is 0. The van der Waals surface area contributed by atoms with Crippen molar-refractivity contribution in [2.24, 2.45) is 0 Å². The van der Waals surface area contributed by atoms with Crippen LogP contribution in [0.25, 0.3) is 0 Å². The minimum absolute atomic E-state index is 0. The quantitative estimate of drug-likeness (QED) is 0.516. The van der Waals surface area contributed by atoms with E-state index in [1.807, 2.05) is 0 Å². The van der Waals surface area contributed by atoms with Crippen molar-refractivity contribution < 1.29 is 32.7 Å². The first-order chi connectivity index (χ1) is 0. The van der Waals surface area contributed by atoms with Crippen LogP contribution in [0, 0.1) is 0 Å². The number of rotatable bonds is 0. The van der Waals surface area contributed by atoms with E-state index in [9.17, 15) is 0 Å². The second-order valence-corrected chi connectivity index (χ2v) is 0. The topological polar surface area (TPSA) is 57.0 Å². The molecule has 0 saturated carbocycles. The Balaban J connectivity index is 0. The molecule has 0 N–H and O–H groups in total. The fourth-order valence-electron chi connectivity index (χ4n) is 0. The maximum atomic E-state index is 0.